The van der Waals surface area contributed by atoms with Crippen LogP contribution in [0.1, 0.15) is 24.1 Å². The molecule has 100 valence electrons. The summed E-state index contributed by atoms with van der Waals surface area (Å²) in [4.78, 5) is 4.79. The molecule has 1 aromatic carbocycles. The molecule has 0 aromatic heterocycles. The lowest BCUT2D eigenvalue weighted by Gasteiger charge is -2.34. The number of hydrogen-bond donors (Lipinski definition) is 1. The van der Waals surface area contributed by atoms with Gasteiger partial charge in [0.05, 0.1) is 0 Å². The van der Waals surface area contributed by atoms with Crippen LogP contribution in [-0.2, 0) is 0 Å². The number of piperazine rings is 1. The second-order valence-electron chi connectivity index (χ2n) is 5.42. The summed E-state index contributed by atoms with van der Waals surface area (Å²) in [5.41, 5.74) is 4.11. The Hall–Kier alpha value is -1.06. The Balaban J connectivity index is 2.25. The van der Waals surface area contributed by atoms with Crippen LogP contribution in [0.4, 0.5) is 5.69 Å². The molecule has 1 heterocycles. The number of hydrogen-bond acceptors (Lipinski definition) is 3. The molecule has 18 heavy (non-hydrogen) atoms. The minimum Gasteiger partial charge on any atom is -0.377 e. The Morgan fingerprint density at radius 3 is 2.50 bits per heavy atom. The average Bonchev–Trinajstić information content (AvgIpc) is 2.39. The third-order valence-electron chi connectivity index (χ3n) is 3.82. The van der Waals surface area contributed by atoms with Crippen molar-refractivity contribution in [1.82, 2.24) is 10.2 Å². The highest BCUT2D eigenvalue weighted by Crippen LogP contribution is 2.30. The van der Waals surface area contributed by atoms with E-state index in [4.69, 9.17) is 0 Å². The van der Waals surface area contributed by atoms with Crippen LogP contribution in [0.3, 0.4) is 0 Å². The van der Waals surface area contributed by atoms with Crippen molar-refractivity contribution in [3.63, 3.8) is 0 Å². The fraction of sp³-hybridized carbons (Fsp3) is 0.600. The third-order valence-corrected chi connectivity index (χ3v) is 3.82. The normalized spacial score (nSPS) is 18.7. The van der Waals surface area contributed by atoms with Gasteiger partial charge in [0.25, 0.3) is 0 Å². The zero-order valence-corrected chi connectivity index (χ0v) is 12.0. The quantitative estimate of drug-likeness (QED) is 0.881. The average molecular weight is 247 g/mol. The fourth-order valence-electron chi connectivity index (χ4n) is 2.66. The van der Waals surface area contributed by atoms with Crippen LogP contribution in [0.5, 0.6) is 0 Å². The van der Waals surface area contributed by atoms with E-state index in [-0.39, 0.29) is 0 Å². The van der Waals surface area contributed by atoms with Gasteiger partial charge in [0.2, 0.25) is 0 Å². The standard InChI is InChI=1S/C15H25N3/c1-12-5-6-14(15(11-12)17(3)4)13(2)18-9-7-16-8-10-18/h5-6,11,13,16H,7-10H2,1-4H3. The Kier molecular flexibility index (Phi) is 4.25. The molecule has 1 N–H and O–H groups in total. The number of rotatable bonds is 3. The fourth-order valence-corrected chi connectivity index (χ4v) is 2.66. The first-order chi connectivity index (χ1) is 8.59. The molecule has 1 atom stereocenters. The third kappa shape index (κ3) is 2.85. The van der Waals surface area contributed by atoms with Gasteiger partial charge in [-0.2, -0.15) is 0 Å². The molecular formula is C15H25N3. The van der Waals surface area contributed by atoms with E-state index < -0.39 is 0 Å². The van der Waals surface area contributed by atoms with Gasteiger partial charge in [0, 0.05) is 52.0 Å². The molecule has 0 aliphatic carbocycles. The highest BCUT2D eigenvalue weighted by atomic mass is 15.2. The number of anilines is 1. The molecule has 0 saturated carbocycles. The maximum absolute atomic E-state index is 3.42. The molecule has 0 spiro atoms. The summed E-state index contributed by atoms with van der Waals surface area (Å²) in [5.74, 6) is 0. The SMILES string of the molecule is Cc1ccc(C(C)N2CCNCC2)c(N(C)C)c1. The summed E-state index contributed by atoms with van der Waals surface area (Å²) in [7, 11) is 4.26. The van der Waals surface area contributed by atoms with Gasteiger partial charge in [-0.3, -0.25) is 4.90 Å². The van der Waals surface area contributed by atoms with E-state index >= 15 is 0 Å². The van der Waals surface area contributed by atoms with Crippen LogP contribution < -0.4 is 10.2 Å². The van der Waals surface area contributed by atoms with Crippen LogP contribution >= 0.6 is 0 Å². The molecule has 1 unspecified atom stereocenters. The van der Waals surface area contributed by atoms with Crippen LogP contribution in [0.25, 0.3) is 0 Å². The summed E-state index contributed by atoms with van der Waals surface area (Å²) in [6, 6.07) is 7.29. The molecule has 3 nitrogen and oxygen atoms in total. The minimum atomic E-state index is 0.491. The Labute approximate surface area is 111 Å². The first-order valence-electron chi connectivity index (χ1n) is 6.82. The summed E-state index contributed by atoms with van der Waals surface area (Å²) in [5, 5.41) is 3.42. The van der Waals surface area contributed by atoms with Gasteiger partial charge >= 0.3 is 0 Å². The van der Waals surface area contributed by atoms with Crippen molar-refractivity contribution >= 4 is 5.69 Å². The number of aryl methyl sites for hydroxylation is 1. The monoisotopic (exact) mass is 247 g/mol. The summed E-state index contributed by atoms with van der Waals surface area (Å²) < 4.78 is 0. The molecule has 0 radical (unpaired) electrons. The van der Waals surface area contributed by atoms with Crippen LogP contribution in [0, 0.1) is 6.92 Å². The van der Waals surface area contributed by atoms with Crippen molar-refractivity contribution in [2.24, 2.45) is 0 Å². The van der Waals surface area contributed by atoms with Crippen LogP contribution in [0.15, 0.2) is 18.2 Å². The van der Waals surface area contributed by atoms with E-state index in [1.54, 1.807) is 0 Å². The van der Waals surface area contributed by atoms with Gasteiger partial charge < -0.3 is 10.2 Å². The first kappa shape index (κ1) is 13.4. The minimum absolute atomic E-state index is 0.491. The van der Waals surface area contributed by atoms with Crippen molar-refractivity contribution in [2.75, 3.05) is 45.2 Å². The smallest absolute Gasteiger partial charge is 0.0412 e. The zero-order chi connectivity index (χ0) is 13.1. The molecule has 1 aliphatic heterocycles. The van der Waals surface area contributed by atoms with E-state index in [1.807, 2.05) is 0 Å². The molecule has 0 amide bonds. The maximum Gasteiger partial charge on any atom is 0.0412 e. The second kappa shape index (κ2) is 5.72. The van der Waals surface area contributed by atoms with E-state index in [0.717, 1.165) is 26.2 Å². The Morgan fingerprint density at radius 1 is 1.22 bits per heavy atom. The topological polar surface area (TPSA) is 18.5 Å². The Morgan fingerprint density at radius 2 is 1.89 bits per heavy atom. The second-order valence-corrected chi connectivity index (χ2v) is 5.42. The van der Waals surface area contributed by atoms with Crippen LogP contribution in [0.2, 0.25) is 0 Å². The number of nitrogens with zero attached hydrogens (tertiary/aromatic N) is 2. The van der Waals surface area contributed by atoms with Gasteiger partial charge in [-0.05, 0) is 31.0 Å². The predicted molar refractivity (Wildman–Crippen MR) is 78.4 cm³/mol. The van der Waals surface area contributed by atoms with Crippen molar-refractivity contribution in [1.29, 1.82) is 0 Å². The molecule has 0 bridgehead atoms. The van der Waals surface area contributed by atoms with Crippen molar-refractivity contribution in [3.8, 4) is 0 Å². The summed E-state index contributed by atoms with van der Waals surface area (Å²) in [6.07, 6.45) is 0. The molecular weight excluding hydrogens is 222 g/mol. The molecule has 1 saturated heterocycles. The molecule has 1 fully saturated rings. The van der Waals surface area contributed by atoms with E-state index in [1.165, 1.54) is 16.8 Å². The lowest BCUT2D eigenvalue weighted by molar-refractivity contribution is 0.186. The van der Waals surface area contributed by atoms with E-state index in [0.29, 0.717) is 6.04 Å². The van der Waals surface area contributed by atoms with E-state index in [9.17, 15) is 0 Å². The zero-order valence-electron chi connectivity index (χ0n) is 12.0. The molecule has 1 aromatic rings. The lowest BCUT2D eigenvalue weighted by Crippen LogP contribution is -2.44. The molecule has 2 rings (SSSR count). The molecule has 1 aliphatic rings. The largest absolute Gasteiger partial charge is 0.377 e. The number of nitrogens with one attached hydrogen (secondary N) is 1. The van der Waals surface area contributed by atoms with E-state index in [2.05, 4.69) is 61.3 Å². The molecule has 3 heteroatoms. The van der Waals surface area contributed by atoms with Crippen molar-refractivity contribution in [2.45, 2.75) is 19.9 Å². The van der Waals surface area contributed by atoms with Gasteiger partial charge in [-0.25, -0.2) is 0 Å². The first-order valence-corrected chi connectivity index (χ1v) is 6.82. The van der Waals surface area contributed by atoms with Crippen LogP contribution in [-0.4, -0.2) is 45.2 Å². The number of benzene rings is 1. The maximum atomic E-state index is 3.42. The predicted octanol–water partition coefficient (Wildman–Crippen LogP) is 2.03. The summed E-state index contributed by atoms with van der Waals surface area (Å²) >= 11 is 0. The lowest BCUT2D eigenvalue weighted by atomic mass is 10.0. The van der Waals surface area contributed by atoms with Crippen molar-refractivity contribution < 1.29 is 0 Å². The Bertz CT molecular complexity index is 395. The van der Waals surface area contributed by atoms with Gasteiger partial charge in [-0.1, -0.05) is 12.1 Å². The highest BCUT2D eigenvalue weighted by molar-refractivity contribution is 5.55. The van der Waals surface area contributed by atoms with Gasteiger partial charge in [0.15, 0.2) is 0 Å². The van der Waals surface area contributed by atoms with Gasteiger partial charge in [0.1, 0.15) is 0 Å². The van der Waals surface area contributed by atoms with Gasteiger partial charge in [-0.15, -0.1) is 0 Å². The summed E-state index contributed by atoms with van der Waals surface area (Å²) in [6.45, 7) is 8.97. The highest BCUT2D eigenvalue weighted by Gasteiger charge is 2.20. The van der Waals surface area contributed by atoms with Crippen molar-refractivity contribution in [3.05, 3.63) is 29.3 Å².